The van der Waals surface area contributed by atoms with Crippen molar-refractivity contribution in [2.24, 2.45) is 10.8 Å². The standard InChI is InChI=1S/C22H39N3/c1-21(2,3)16-14-12-10-8-7-9-11-13-15-17-25-19-20(23-24-25)18-22(4,5)6/h19H,7-13,15,17-18H2,1-6H3. The van der Waals surface area contributed by atoms with Crippen molar-refractivity contribution in [3.05, 3.63) is 11.9 Å². The van der Waals surface area contributed by atoms with E-state index in [1.54, 1.807) is 0 Å². The zero-order valence-electron chi connectivity index (χ0n) is 17.5. The van der Waals surface area contributed by atoms with Crippen LogP contribution in [0.2, 0.25) is 0 Å². The van der Waals surface area contributed by atoms with Gasteiger partial charge in [-0.1, -0.05) is 64.0 Å². The first-order valence-corrected chi connectivity index (χ1v) is 10.0. The number of aromatic nitrogens is 3. The Morgan fingerprint density at radius 3 is 2.08 bits per heavy atom. The lowest BCUT2D eigenvalue weighted by atomic mass is 9.91. The molecule has 0 aliphatic heterocycles. The highest BCUT2D eigenvalue weighted by Gasteiger charge is 2.13. The largest absolute Gasteiger partial charge is 0.252 e. The van der Waals surface area contributed by atoms with Gasteiger partial charge in [-0.05, 0) is 45.4 Å². The number of nitrogens with zero attached hydrogens (tertiary/aromatic N) is 3. The van der Waals surface area contributed by atoms with Gasteiger partial charge >= 0.3 is 0 Å². The highest BCUT2D eigenvalue weighted by molar-refractivity contribution is 5.06. The maximum absolute atomic E-state index is 4.28. The lowest BCUT2D eigenvalue weighted by molar-refractivity contribution is 0.406. The molecule has 0 N–H and O–H groups in total. The summed E-state index contributed by atoms with van der Waals surface area (Å²) in [6.45, 7) is 14.2. The third kappa shape index (κ3) is 12.7. The van der Waals surface area contributed by atoms with E-state index in [-0.39, 0.29) is 10.8 Å². The fourth-order valence-electron chi connectivity index (χ4n) is 2.77. The summed E-state index contributed by atoms with van der Waals surface area (Å²) in [5.74, 6) is 6.61. The second kappa shape index (κ2) is 10.6. The van der Waals surface area contributed by atoms with Gasteiger partial charge in [0.25, 0.3) is 0 Å². The molecule has 0 aliphatic carbocycles. The highest BCUT2D eigenvalue weighted by Crippen LogP contribution is 2.18. The topological polar surface area (TPSA) is 30.7 Å². The lowest BCUT2D eigenvalue weighted by Gasteiger charge is -2.15. The summed E-state index contributed by atoms with van der Waals surface area (Å²) < 4.78 is 2.01. The first kappa shape index (κ1) is 21.7. The SMILES string of the molecule is CC(C)(C)C#CCCCCCCCCCn1cc(CC(C)(C)C)nn1. The lowest BCUT2D eigenvalue weighted by Crippen LogP contribution is -2.09. The summed E-state index contributed by atoms with van der Waals surface area (Å²) in [7, 11) is 0. The van der Waals surface area contributed by atoms with Gasteiger partial charge in [-0.25, -0.2) is 0 Å². The molecule has 0 bridgehead atoms. The van der Waals surface area contributed by atoms with E-state index in [0.29, 0.717) is 0 Å². The molecule has 0 aromatic carbocycles. The molecule has 25 heavy (non-hydrogen) atoms. The summed E-state index contributed by atoms with van der Waals surface area (Å²) >= 11 is 0. The van der Waals surface area contributed by atoms with Gasteiger partial charge in [0.1, 0.15) is 0 Å². The Morgan fingerprint density at radius 2 is 1.48 bits per heavy atom. The molecule has 0 amide bonds. The Labute approximate surface area is 156 Å². The van der Waals surface area contributed by atoms with Crippen molar-refractivity contribution in [2.45, 2.75) is 106 Å². The van der Waals surface area contributed by atoms with E-state index < -0.39 is 0 Å². The molecule has 0 aliphatic rings. The van der Waals surface area contributed by atoms with E-state index in [0.717, 1.165) is 25.1 Å². The second-order valence-electron chi connectivity index (χ2n) is 9.49. The molecule has 0 radical (unpaired) electrons. The van der Waals surface area contributed by atoms with Crippen LogP contribution in [0.4, 0.5) is 0 Å². The van der Waals surface area contributed by atoms with Crippen molar-refractivity contribution in [3.8, 4) is 11.8 Å². The summed E-state index contributed by atoms with van der Waals surface area (Å²) in [5.41, 5.74) is 1.54. The third-order valence-corrected chi connectivity index (χ3v) is 3.95. The van der Waals surface area contributed by atoms with Crippen LogP contribution in [0.3, 0.4) is 0 Å². The first-order valence-electron chi connectivity index (χ1n) is 10.0. The minimum absolute atomic E-state index is 0.150. The molecule has 0 unspecified atom stereocenters. The molecule has 0 atom stereocenters. The first-order chi connectivity index (χ1) is 11.7. The van der Waals surface area contributed by atoms with E-state index in [4.69, 9.17) is 0 Å². The summed E-state index contributed by atoms with van der Waals surface area (Å²) in [4.78, 5) is 0. The van der Waals surface area contributed by atoms with E-state index in [1.807, 2.05) is 4.68 Å². The maximum atomic E-state index is 4.28. The van der Waals surface area contributed by atoms with Gasteiger partial charge in [-0.3, -0.25) is 4.68 Å². The van der Waals surface area contributed by atoms with Crippen molar-refractivity contribution >= 4 is 0 Å². The van der Waals surface area contributed by atoms with E-state index in [2.05, 4.69) is 69.9 Å². The van der Waals surface area contributed by atoms with Crippen LogP contribution in [0.1, 0.15) is 98.6 Å². The van der Waals surface area contributed by atoms with Gasteiger partial charge in [0.05, 0.1) is 5.69 Å². The zero-order chi connectivity index (χ0) is 18.8. The second-order valence-corrected chi connectivity index (χ2v) is 9.49. The molecule has 1 heterocycles. The van der Waals surface area contributed by atoms with Crippen LogP contribution in [0, 0.1) is 22.7 Å². The quantitative estimate of drug-likeness (QED) is 0.382. The number of unbranched alkanes of at least 4 members (excludes halogenated alkanes) is 7. The minimum atomic E-state index is 0.150. The van der Waals surface area contributed by atoms with Gasteiger partial charge in [0.2, 0.25) is 0 Å². The average Bonchev–Trinajstić information content (AvgIpc) is 2.88. The van der Waals surface area contributed by atoms with Crippen LogP contribution in [0.15, 0.2) is 6.20 Å². The van der Waals surface area contributed by atoms with Crippen molar-refractivity contribution in [1.82, 2.24) is 15.0 Å². The maximum Gasteiger partial charge on any atom is 0.0832 e. The number of hydrogen-bond donors (Lipinski definition) is 0. The van der Waals surface area contributed by atoms with Crippen LogP contribution in [0.25, 0.3) is 0 Å². The fourth-order valence-corrected chi connectivity index (χ4v) is 2.77. The predicted molar refractivity (Wildman–Crippen MR) is 107 cm³/mol. The molecule has 142 valence electrons. The van der Waals surface area contributed by atoms with Crippen molar-refractivity contribution in [3.63, 3.8) is 0 Å². The summed E-state index contributed by atoms with van der Waals surface area (Å²) in [6, 6.07) is 0. The van der Waals surface area contributed by atoms with Crippen molar-refractivity contribution in [1.29, 1.82) is 0 Å². The van der Waals surface area contributed by atoms with Crippen LogP contribution in [-0.2, 0) is 13.0 Å². The Balaban J connectivity index is 1.99. The molecule has 3 heteroatoms. The van der Waals surface area contributed by atoms with E-state index in [1.165, 1.54) is 44.9 Å². The van der Waals surface area contributed by atoms with Crippen molar-refractivity contribution in [2.75, 3.05) is 0 Å². The van der Waals surface area contributed by atoms with Gasteiger partial charge in [-0.2, -0.15) is 0 Å². The predicted octanol–water partition coefficient (Wildman–Crippen LogP) is 6.04. The Bertz CT molecular complexity index is 532. The van der Waals surface area contributed by atoms with Gasteiger partial charge < -0.3 is 0 Å². The van der Waals surface area contributed by atoms with Gasteiger partial charge in [0, 0.05) is 24.6 Å². The fraction of sp³-hybridized carbons (Fsp3) is 0.818. The third-order valence-electron chi connectivity index (χ3n) is 3.95. The van der Waals surface area contributed by atoms with Crippen LogP contribution >= 0.6 is 0 Å². The average molecular weight is 346 g/mol. The van der Waals surface area contributed by atoms with E-state index in [9.17, 15) is 0 Å². The molecule has 0 fully saturated rings. The van der Waals surface area contributed by atoms with Crippen LogP contribution in [-0.4, -0.2) is 15.0 Å². The number of hydrogen-bond acceptors (Lipinski definition) is 2. The monoisotopic (exact) mass is 345 g/mol. The van der Waals surface area contributed by atoms with Crippen LogP contribution < -0.4 is 0 Å². The Hall–Kier alpha value is -1.30. The molecule has 0 spiro atoms. The van der Waals surface area contributed by atoms with Gasteiger partial charge in [-0.15, -0.1) is 11.0 Å². The Kier molecular flexibility index (Phi) is 9.25. The molecular weight excluding hydrogens is 306 g/mol. The smallest absolute Gasteiger partial charge is 0.0832 e. The summed E-state index contributed by atoms with van der Waals surface area (Å²) in [5, 5.41) is 8.53. The molecular formula is C22H39N3. The zero-order valence-corrected chi connectivity index (χ0v) is 17.5. The highest BCUT2D eigenvalue weighted by atomic mass is 15.4. The minimum Gasteiger partial charge on any atom is -0.252 e. The Morgan fingerprint density at radius 1 is 0.880 bits per heavy atom. The molecule has 1 aromatic rings. The van der Waals surface area contributed by atoms with Crippen molar-refractivity contribution < 1.29 is 0 Å². The summed E-state index contributed by atoms with van der Waals surface area (Å²) in [6.07, 6.45) is 13.2. The molecule has 0 saturated carbocycles. The molecule has 3 nitrogen and oxygen atoms in total. The normalized spacial score (nSPS) is 12.1. The number of aryl methyl sites for hydroxylation is 1. The van der Waals surface area contributed by atoms with Crippen LogP contribution in [0.5, 0.6) is 0 Å². The van der Waals surface area contributed by atoms with E-state index >= 15 is 0 Å². The van der Waals surface area contributed by atoms with Gasteiger partial charge in [0.15, 0.2) is 0 Å². The number of rotatable bonds is 10. The molecule has 0 saturated heterocycles. The molecule has 1 aromatic heterocycles. The molecule has 1 rings (SSSR count).